The number of nitrogens with one attached hydrogen (secondary N) is 1. The lowest BCUT2D eigenvalue weighted by molar-refractivity contribution is 0.347. The molecule has 3 rings (SSSR count). The minimum Gasteiger partial charge on any atom is -0.310 e. The SMILES string of the molecule is CCNC(c1ccccc1)C1CC2CC2C1. The van der Waals surface area contributed by atoms with Gasteiger partial charge >= 0.3 is 0 Å². The van der Waals surface area contributed by atoms with Crippen molar-refractivity contribution in [2.75, 3.05) is 6.54 Å². The first-order valence-corrected chi connectivity index (χ1v) is 6.66. The Kier molecular flexibility index (Phi) is 2.72. The van der Waals surface area contributed by atoms with Crippen molar-refractivity contribution in [3.8, 4) is 0 Å². The lowest BCUT2D eigenvalue weighted by Crippen LogP contribution is -2.27. The predicted molar refractivity (Wildman–Crippen MR) is 67.2 cm³/mol. The summed E-state index contributed by atoms with van der Waals surface area (Å²) in [5.41, 5.74) is 1.48. The quantitative estimate of drug-likeness (QED) is 0.812. The largest absolute Gasteiger partial charge is 0.310 e. The maximum atomic E-state index is 3.68. The molecule has 2 saturated carbocycles. The molecule has 2 fully saturated rings. The maximum Gasteiger partial charge on any atom is 0.0348 e. The van der Waals surface area contributed by atoms with Crippen molar-refractivity contribution in [2.45, 2.75) is 32.2 Å². The standard InChI is InChI=1S/C15H21N/c1-2-16-15(11-6-4-3-5-7-11)14-9-12-8-13(12)10-14/h3-7,12-16H,2,8-10H2,1H3. The number of rotatable bonds is 4. The highest BCUT2D eigenvalue weighted by molar-refractivity contribution is 5.21. The molecule has 0 radical (unpaired) electrons. The van der Waals surface area contributed by atoms with Gasteiger partial charge in [0.25, 0.3) is 0 Å². The van der Waals surface area contributed by atoms with Gasteiger partial charge in [0, 0.05) is 6.04 Å². The van der Waals surface area contributed by atoms with Crippen LogP contribution in [0, 0.1) is 17.8 Å². The molecule has 0 aromatic heterocycles. The van der Waals surface area contributed by atoms with Gasteiger partial charge in [0.15, 0.2) is 0 Å². The fourth-order valence-electron chi connectivity index (χ4n) is 3.47. The molecule has 0 amide bonds. The molecule has 0 bridgehead atoms. The summed E-state index contributed by atoms with van der Waals surface area (Å²) in [5, 5.41) is 3.68. The monoisotopic (exact) mass is 215 g/mol. The summed E-state index contributed by atoms with van der Waals surface area (Å²) in [6.45, 7) is 3.29. The Labute approximate surface area is 98.3 Å². The van der Waals surface area contributed by atoms with E-state index in [4.69, 9.17) is 0 Å². The Morgan fingerprint density at radius 1 is 1.12 bits per heavy atom. The van der Waals surface area contributed by atoms with E-state index in [1.54, 1.807) is 0 Å². The molecule has 1 heteroatoms. The molecule has 2 aliphatic rings. The maximum absolute atomic E-state index is 3.68. The Bertz CT molecular complexity index is 336. The summed E-state index contributed by atoms with van der Waals surface area (Å²) < 4.78 is 0. The van der Waals surface area contributed by atoms with Crippen molar-refractivity contribution >= 4 is 0 Å². The molecule has 1 aromatic rings. The molecule has 3 atom stereocenters. The molecule has 2 aliphatic carbocycles. The van der Waals surface area contributed by atoms with Crippen LogP contribution in [0.15, 0.2) is 30.3 Å². The lowest BCUT2D eigenvalue weighted by Gasteiger charge is -2.26. The summed E-state index contributed by atoms with van der Waals surface area (Å²) in [4.78, 5) is 0. The summed E-state index contributed by atoms with van der Waals surface area (Å²) in [6, 6.07) is 11.6. The van der Waals surface area contributed by atoms with Gasteiger partial charge in [0.1, 0.15) is 0 Å². The predicted octanol–water partition coefficient (Wildman–Crippen LogP) is 3.38. The highest BCUT2D eigenvalue weighted by Gasteiger charge is 2.47. The molecule has 1 nitrogen and oxygen atoms in total. The van der Waals surface area contributed by atoms with Crippen LogP contribution >= 0.6 is 0 Å². The van der Waals surface area contributed by atoms with Gasteiger partial charge in [0.05, 0.1) is 0 Å². The normalized spacial score (nSPS) is 33.4. The number of fused-ring (bicyclic) bond motifs is 1. The van der Waals surface area contributed by atoms with Gasteiger partial charge in [-0.2, -0.15) is 0 Å². The van der Waals surface area contributed by atoms with E-state index in [-0.39, 0.29) is 0 Å². The average molecular weight is 215 g/mol. The highest BCUT2D eigenvalue weighted by atomic mass is 14.9. The van der Waals surface area contributed by atoms with Crippen molar-refractivity contribution in [2.24, 2.45) is 17.8 Å². The van der Waals surface area contributed by atoms with E-state index in [0.717, 1.165) is 24.3 Å². The van der Waals surface area contributed by atoms with Gasteiger partial charge in [-0.3, -0.25) is 0 Å². The minimum absolute atomic E-state index is 0.596. The van der Waals surface area contributed by atoms with E-state index >= 15 is 0 Å². The van der Waals surface area contributed by atoms with Crippen LogP contribution in [0.2, 0.25) is 0 Å². The van der Waals surface area contributed by atoms with Crippen LogP contribution in [-0.2, 0) is 0 Å². The Morgan fingerprint density at radius 3 is 2.44 bits per heavy atom. The van der Waals surface area contributed by atoms with Crippen LogP contribution in [0.25, 0.3) is 0 Å². The molecule has 0 saturated heterocycles. The van der Waals surface area contributed by atoms with E-state index < -0.39 is 0 Å². The van der Waals surface area contributed by atoms with Gasteiger partial charge in [-0.25, -0.2) is 0 Å². The van der Waals surface area contributed by atoms with Crippen LogP contribution in [0.1, 0.15) is 37.8 Å². The summed E-state index contributed by atoms with van der Waals surface area (Å²) >= 11 is 0. The zero-order valence-electron chi connectivity index (χ0n) is 10.0. The lowest BCUT2D eigenvalue weighted by atomic mass is 9.89. The van der Waals surface area contributed by atoms with Crippen molar-refractivity contribution in [1.82, 2.24) is 5.32 Å². The van der Waals surface area contributed by atoms with Crippen LogP contribution in [0.3, 0.4) is 0 Å². The number of benzene rings is 1. The highest BCUT2D eigenvalue weighted by Crippen LogP contribution is 2.57. The molecule has 86 valence electrons. The van der Waals surface area contributed by atoms with E-state index in [1.807, 2.05) is 0 Å². The molecule has 3 unspecified atom stereocenters. The summed E-state index contributed by atoms with van der Waals surface area (Å²) in [6.07, 6.45) is 4.43. The molecule has 0 spiro atoms. The van der Waals surface area contributed by atoms with E-state index in [0.29, 0.717) is 6.04 Å². The van der Waals surface area contributed by atoms with Crippen LogP contribution in [0.4, 0.5) is 0 Å². The van der Waals surface area contributed by atoms with Gasteiger partial charge in [-0.15, -0.1) is 0 Å². The molecule has 1 aromatic carbocycles. The molecule has 0 aliphatic heterocycles. The zero-order valence-corrected chi connectivity index (χ0v) is 10.0. The molecule has 1 N–H and O–H groups in total. The fraction of sp³-hybridized carbons (Fsp3) is 0.600. The fourth-order valence-corrected chi connectivity index (χ4v) is 3.47. The first kappa shape index (κ1) is 10.3. The van der Waals surface area contributed by atoms with E-state index in [1.165, 1.54) is 24.8 Å². The van der Waals surface area contributed by atoms with E-state index in [9.17, 15) is 0 Å². The molecule has 16 heavy (non-hydrogen) atoms. The van der Waals surface area contributed by atoms with Gasteiger partial charge < -0.3 is 5.32 Å². The van der Waals surface area contributed by atoms with Crippen LogP contribution < -0.4 is 5.32 Å². The van der Waals surface area contributed by atoms with Crippen molar-refractivity contribution < 1.29 is 0 Å². The molecular formula is C15H21N. The molecular weight excluding hydrogens is 194 g/mol. The first-order chi connectivity index (χ1) is 7.88. The van der Waals surface area contributed by atoms with E-state index in [2.05, 4.69) is 42.6 Å². The Morgan fingerprint density at radius 2 is 1.81 bits per heavy atom. The summed E-state index contributed by atoms with van der Waals surface area (Å²) in [7, 11) is 0. The van der Waals surface area contributed by atoms with Crippen molar-refractivity contribution in [3.63, 3.8) is 0 Å². The first-order valence-electron chi connectivity index (χ1n) is 6.66. The zero-order chi connectivity index (χ0) is 11.0. The van der Waals surface area contributed by atoms with Crippen LogP contribution in [-0.4, -0.2) is 6.54 Å². The second-order valence-corrected chi connectivity index (χ2v) is 5.43. The Balaban J connectivity index is 1.75. The third-order valence-corrected chi connectivity index (χ3v) is 4.33. The van der Waals surface area contributed by atoms with Crippen LogP contribution in [0.5, 0.6) is 0 Å². The summed E-state index contributed by atoms with van der Waals surface area (Å²) in [5.74, 6) is 3.04. The topological polar surface area (TPSA) is 12.0 Å². The Hall–Kier alpha value is -0.820. The average Bonchev–Trinajstić information content (AvgIpc) is 2.94. The van der Waals surface area contributed by atoms with Crippen molar-refractivity contribution in [1.29, 1.82) is 0 Å². The number of hydrogen-bond acceptors (Lipinski definition) is 1. The third kappa shape index (κ3) is 1.89. The smallest absolute Gasteiger partial charge is 0.0348 e. The second-order valence-electron chi connectivity index (χ2n) is 5.43. The second kappa shape index (κ2) is 4.21. The minimum atomic E-state index is 0.596. The molecule has 0 heterocycles. The van der Waals surface area contributed by atoms with Gasteiger partial charge in [-0.05, 0) is 49.1 Å². The third-order valence-electron chi connectivity index (χ3n) is 4.33. The number of hydrogen-bond donors (Lipinski definition) is 1. The van der Waals surface area contributed by atoms with Gasteiger partial charge in [0.2, 0.25) is 0 Å². The van der Waals surface area contributed by atoms with Gasteiger partial charge in [-0.1, -0.05) is 37.3 Å². The van der Waals surface area contributed by atoms with Crippen molar-refractivity contribution in [3.05, 3.63) is 35.9 Å².